The Morgan fingerprint density at radius 2 is 1.61 bits per heavy atom. The van der Waals surface area contributed by atoms with Crippen LogP contribution in [0.3, 0.4) is 0 Å². The minimum Gasteiger partial charge on any atom is -0.329 e. The molecule has 2 heteroatoms. The number of hydrogen-bond acceptors (Lipinski definition) is 2. The van der Waals surface area contributed by atoms with E-state index in [4.69, 9.17) is 5.73 Å². The summed E-state index contributed by atoms with van der Waals surface area (Å²) >= 11 is 0. The van der Waals surface area contributed by atoms with Crippen LogP contribution in [0, 0.1) is 16.7 Å². The topological polar surface area (TPSA) is 29.3 Å². The van der Waals surface area contributed by atoms with E-state index in [-0.39, 0.29) is 5.54 Å². The standard InChI is InChI=1S/C16H32N2/c1-13-6-7-18(8-13)16(12-17)10-14(2,3)9-15(4,5)11-16/h13H,6-12,17H2,1-5H3. The van der Waals surface area contributed by atoms with Gasteiger partial charge in [-0.3, -0.25) is 4.90 Å². The number of nitrogens with zero attached hydrogens (tertiary/aromatic N) is 1. The molecule has 2 nitrogen and oxygen atoms in total. The predicted octanol–water partition coefficient (Wildman–Crippen LogP) is 3.26. The van der Waals surface area contributed by atoms with Crippen LogP contribution >= 0.6 is 0 Å². The first-order chi connectivity index (χ1) is 8.18. The Kier molecular flexibility index (Phi) is 3.57. The molecule has 1 heterocycles. The maximum Gasteiger partial charge on any atom is 0.0342 e. The van der Waals surface area contributed by atoms with Gasteiger partial charge in [-0.15, -0.1) is 0 Å². The molecule has 0 radical (unpaired) electrons. The fourth-order valence-electron chi connectivity index (χ4n) is 5.13. The lowest BCUT2D eigenvalue weighted by molar-refractivity contribution is -0.0346. The van der Waals surface area contributed by atoms with Crippen molar-refractivity contribution < 1.29 is 0 Å². The molecule has 0 amide bonds. The minimum atomic E-state index is 0.260. The SMILES string of the molecule is CC1CCN(C2(CN)CC(C)(C)CC(C)(C)C2)C1. The molecule has 1 aliphatic heterocycles. The third kappa shape index (κ3) is 2.75. The Bertz CT molecular complexity index is 290. The Labute approximate surface area is 113 Å². The van der Waals surface area contributed by atoms with Gasteiger partial charge in [0.15, 0.2) is 0 Å². The number of nitrogens with two attached hydrogens (primary N) is 1. The molecule has 2 N–H and O–H groups in total. The van der Waals surface area contributed by atoms with E-state index in [2.05, 4.69) is 39.5 Å². The van der Waals surface area contributed by atoms with Gasteiger partial charge >= 0.3 is 0 Å². The van der Waals surface area contributed by atoms with Crippen LogP contribution in [-0.4, -0.2) is 30.1 Å². The number of hydrogen-bond donors (Lipinski definition) is 1. The molecule has 0 spiro atoms. The van der Waals surface area contributed by atoms with E-state index in [9.17, 15) is 0 Å². The van der Waals surface area contributed by atoms with Crippen LogP contribution in [0.15, 0.2) is 0 Å². The number of likely N-dealkylation sites (tertiary alicyclic amines) is 1. The van der Waals surface area contributed by atoms with Gasteiger partial charge in [0.2, 0.25) is 0 Å². The highest BCUT2D eigenvalue weighted by Gasteiger charge is 2.50. The fourth-order valence-corrected chi connectivity index (χ4v) is 5.13. The van der Waals surface area contributed by atoms with Crippen LogP contribution in [0.2, 0.25) is 0 Å². The molecule has 1 unspecified atom stereocenters. The summed E-state index contributed by atoms with van der Waals surface area (Å²) in [5.74, 6) is 0.849. The Morgan fingerprint density at radius 1 is 1.06 bits per heavy atom. The highest BCUT2D eigenvalue weighted by atomic mass is 15.2. The van der Waals surface area contributed by atoms with Crippen molar-refractivity contribution in [2.75, 3.05) is 19.6 Å². The summed E-state index contributed by atoms with van der Waals surface area (Å²) in [7, 11) is 0. The van der Waals surface area contributed by atoms with Crippen molar-refractivity contribution in [3.63, 3.8) is 0 Å². The smallest absolute Gasteiger partial charge is 0.0342 e. The van der Waals surface area contributed by atoms with Crippen LogP contribution in [0.25, 0.3) is 0 Å². The molecule has 0 aromatic carbocycles. The van der Waals surface area contributed by atoms with Gasteiger partial charge in [0.1, 0.15) is 0 Å². The summed E-state index contributed by atoms with van der Waals surface area (Å²) in [6.07, 6.45) is 5.22. The normalized spacial score (nSPS) is 34.7. The average molecular weight is 252 g/mol. The van der Waals surface area contributed by atoms with E-state index in [1.165, 1.54) is 38.8 Å². The molecule has 1 saturated carbocycles. The van der Waals surface area contributed by atoms with Crippen molar-refractivity contribution in [3.05, 3.63) is 0 Å². The summed E-state index contributed by atoms with van der Waals surface area (Å²) in [4.78, 5) is 2.72. The van der Waals surface area contributed by atoms with Crippen molar-refractivity contribution in [2.24, 2.45) is 22.5 Å². The van der Waals surface area contributed by atoms with Crippen LogP contribution in [0.5, 0.6) is 0 Å². The molecule has 0 bridgehead atoms. The van der Waals surface area contributed by atoms with Crippen LogP contribution in [0.4, 0.5) is 0 Å². The average Bonchev–Trinajstić information content (AvgIpc) is 2.60. The second-order valence-corrected chi connectivity index (χ2v) is 8.63. The van der Waals surface area contributed by atoms with Crippen molar-refractivity contribution in [1.82, 2.24) is 4.90 Å². The lowest BCUT2D eigenvalue weighted by atomic mass is 9.58. The monoisotopic (exact) mass is 252 g/mol. The molecule has 1 aliphatic carbocycles. The highest BCUT2D eigenvalue weighted by Crippen LogP contribution is 2.52. The van der Waals surface area contributed by atoms with Gasteiger partial charge in [-0.2, -0.15) is 0 Å². The first-order valence-electron chi connectivity index (χ1n) is 7.63. The van der Waals surface area contributed by atoms with Gasteiger partial charge in [0.05, 0.1) is 0 Å². The Morgan fingerprint density at radius 3 is 2.00 bits per heavy atom. The summed E-state index contributed by atoms with van der Waals surface area (Å²) in [6.45, 7) is 15.4. The molecule has 106 valence electrons. The second kappa shape index (κ2) is 4.49. The van der Waals surface area contributed by atoms with E-state index in [0.29, 0.717) is 10.8 Å². The van der Waals surface area contributed by atoms with E-state index < -0.39 is 0 Å². The maximum atomic E-state index is 6.26. The summed E-state index contributed by atoms with van der Waals surface area (Å²) in [5.41, 5.74) is 7.37. The van der Waals surface area contributed by atoms with Crippen LogP contribution < -0.4 is 5.73 Å². The maximum absolute atomic E-state index is 6.26. The Balaban J connectivity index is 2.25. The summed E-state index contributed by atoms with van der Waals surface area (Å²) < 4.78 is 0. The zero-order chi connectivity index (χ0) is 13.6. The van der Waals surface area contributed by atoms with Crippen molar-refractivity contribution in [3.8, 4) is 0 Å². The van der Waals surface area contributed by atoms with E-state index in [1.807, 2.05) is 0 Å². The van der Waals surface area contributed by atoms with Gasteiger partial charge in [-0.25, -0.2) is 0 Å². The molecular weight excluding hydrogens is 220 g/mol. The fraction of sp³-hybridized carbons (Fsp3) is 1.00. The lowest BCUT2D eigenvalue weighted by Gasteiger charge is -2.55. The third-order valence-corrected chi connectivity index (χ3v) is 5.05. The molecular formula is C16H32N2. The van der Waals surface area contributed by atoms with Crippen LogP contribution in [-0.2, 0) is 0 Å². The van der Waals surface area contributed by atoms with Crippen molar-refractivity contribution >= 4 is 0 Å². The van der Waals surface area contributed by atoms with Gasteiger partial charge in [0.25, 0.3) is 0 Å². The first kappa shape index (κ1) is 14.3. The quantitative estimate of drug-likeness (QED) is 0.817. The second-order valence-electron chi connectivity index (χ2n) is 8.63. The number of rotatable bonds is 2. The molecule has 2 fully saturated rings. The lowest BCUT2D eigenvalue weighted by Crippen LogP contribution is -2.60. The Hall–Kier alpha value is -0.0800. The molecule has 2 rings (SSSR count). The zero-order valence-corrected chi connectivity index (χ0v) is 13.1. The zero-order valence-electron chi connectivity index (χ0n) is 13.1. The first-order valence-corrected chi connectivity index (χ1v) is 7.63. The highest BCUT2D eigenvalue weighted by molar-refractivity contribution is 5.05. The summed E-state index contributed by atoms with van der Waals surface area (Å²) in [6, 6.07) is 0. The molecule has 0 aromatic rings. The largest absolute Gasteiger partial charge is 0.329 e. The van der Waals surface area contributed by atoms with Crippen molar-refractivity contribution in [2.45, 2.75) is 65.8 Å². The van der Waals surface area contributed by atoms with Crippen molar-refractivity contribution in [1.29, 1.82) is 0 Å². The minimum absolute atomic E-state index is 0.260. The third-order valence-electron chi connectivity index (χ3n) is 5.05. The summed E-state index contributed by atoms with van der Waals surface area (Å²) in [5, 5.41) is 0. The van der Waals surface area contributed by atoms with Gasteiger partial charge in [-0.1, -0.05) is 34.6 Å². The molecule has 18 heavy (non-hydrogen) atoms. The molecule has 1 saturated heterocycles. The van der Waals surface area contributed by atoms with E-state index >= 15 is 0 Å². The molecule has 1 atom stereocenters. The van der Waals surface area contributed by atoms with Gasteiger partial charge in [-0.05, 0) is 49.0 Å². The van der Waals surface area contributed by atoms with Gasteiger partial charge < -0.3 is 5.73 Å². The van der Waals surface area contributed by atoms with E-state index in [0.717, 1.165) is 12.5 Å². The molecule has 0 aromatic heterocycles. The predicted molar refractivity (Wildman–Crippen MR) is 78.6 cm³/mol. The van der Waals surface area contributed by atoms with Gasteiger partial charge in [0, 0.05) is 18.6 Å². The van der Waals surface area contributed by atoms with Crippen LogP contribution in [0.1, 0.15) is 60.3 Å². The van der Waals surface area contributed by atoms with E-state index in [1.54, 1.807) is 0 Å². The molecule has 2 aliphatic rings.